The van der Waals surface area contributed by atoms with E-state index < -0.39 is 0 Å². The number of carbonyl (C=O) groups excluding carboxylic acids is 1. The van der Waals surface area contributed by atoms with Gasteiger partial charge in [0.05, 0.1) is 12.6 Å². The Kier molecular flexibility index (Phi) is 5.03. The van der Waals surface area contributed by atoms with E-state index in [1.165, 1.54) is 17.5 Å². The van der Waals surface area contributed by atoms with Crippen LogP contribution in [0, 0.1) is 0 Å². The highest BCUT2D eigenvalue weighted by Crippen LogP contribution is 2.35. The number of hydrogen-bond donors (Lipinski definition) is 1. The Balaban J connectivity index is 1.38. The maximum absolute atomic E-state index is 12.6. The van der Waals surface area contributed by atoms with Gasteiger partial charge in [-0.05, 0) is 62.1 Å². The van der Waals surface area contributed by atoms with Crippen molar-refractivity contribution in [3.05, 3.63) is 59.2 Å². The number of fused-ring (bicyclic) bond motifs is 2. The van der Waals surface area contributed by atoms with E-state index in [-0.39, 0.29) is 18.7 Å². The molecule has 0 unspecified atom stereocenters. The summed E-state index contributed by atoms with van der Waals surface area (Å²) in [5, 5.41) is 3.10. The van der Waals surface area contributed by atoms with Gasteiger partial charge in [0.1, 0.15) is 0 Å². The van der Waals surface area contributed by atoms with Gasteiger partial charge in [0.15, 0.2) is 11.5 Å². The molecule has 0 bridgehead atoms. The highest BCUT2D eigenvalue weighted by molar-refractivity contribution is 5.78. The predicted octanol–water partition coefficient (Wildman–Crippen LogP) is 3.60. The molecule has 4 rings (SSSR count). The van der Waals surface area contributed by atoms with Gasteiger partial charge in [-0.1, -0.05) is 30.3 Å². The molecule has 2 aromatic rings. The Hall–Kier alpha value is -2.53. The summed E-state index contributed by atoms with van der Waals surface area (Å²) in [5.41, 5.74) is 3.79. The summed E-state index contributed by atoms with van der Waals surface area (Å²) in [6.45, 7) is 2.63. The molecule has 1 aliphatic carbocycles. The summed E-state index contributed by atoms with van der Waals surface area (Å²) in [6, 6.07) is 14.6. The van der Waals surface area contributed by atoms with Crippen molar-refractivity contribution in [2.24, 2.45) is 0 Å². The predicted molar refractivity (Wildman–Crippen MR) is 104 cm³/mol. The zero-order chi connectivity index (χ0) is 18.8. The van der Waals surface area contributed by atoms with Crippen LogP contribution in [-0.2, 0) is 11.2 Å². The molecule has 0 aromatic heterocycles. The fraction of sp³-hybridized carbons (Fsp3) is 0.409. The summed E-state index contributed by atoms with van der Waals surface area (Å²) in [7, 11) is 2.04. The number of amides is 1. The quantitative estimate of drug-likeness (QED) is 0.878. The first-order valence-corrected chi connectivity index (χ1v) is 9.59. The standard InChI is InChI=1S/C22H26N2O3/c1-15(17-10-11-20-21(12-17)27-14-26-20)23-22(25)13-24(2)19-9-5-7-16-6-3-4-8-18(16)19/h3-4,6,8,10-12,15,19H,5,7,9,13-14H2,1-2H3,(H,23,25)/t15-,19+/m0/s1. The first-order chi connectivity index (χ1) is 13.1. The number of likely N-dealkylation sites (N-methyl/N-ethyl adjacent to an activating group) is 1. The van der Waals surface area contributed by atoms with Crippen molar-refractivity contribution in [2.45, 2.75) is 38.3 Å². The Bertz CT molecular complexity index is 836. The molecule has 0 radical (unpaired) electrons. The Morgan fingerprint density at radius 2 is 2.04 bits per heavy atom. The van der Waals surface area contributed by atoms with Crippen LogP contribution in [0.5, 0.6) is 11.5 Å². The monoisotopic (exact) mass is 366 g/mol. The lowest BCUT2D eigenvalue weighted by atomic mass is 9.87. The lowest BCUT2D eigenvalue weighted by Crippen LogP contribution is -2.39. The van der Waals surface area contributed by atoms with Crippen LogP contribution in [0.2, 0.25) is 0 Å². The number of aryl methyl sites for hydroxylation is 1. The third-order valence-electron chi connectivity index (χ3n) is 5.54. The number of nitrogens with one attached hydrogen (secondary N) is 1. The number of hydrogen-bond acceptors (Lipinski definition) is 4. The third kappa shape index (κ3) is 3.78. The SMILES string of the molecule is C[C@H](NC(=O)CN(C)[C@@H]1CCCc2ccccc21)c1ccc2c(c1)OCO2. The van der Waals surface area contributed by atoms with Crippen molar-refractivity contribution in [1.29, 1.82) is 0 Å². The second-order valence-electron chi connectivity index (χ2n) is 7.42. The van der Waals surface area contributed by atoms with Crippen molar-refractivity contribution in [2.75, 3.05) is 20.4 Å². The lowest BCUT2D eigenvalue weighted by Gasteiger charge is -2.33. The van der Waals surface area contributed by atoms with Crippen molar-refractivity contribution in [3.8, 4) is 11.5 Å². The molecular weight excluding hydrogens is 340 g/mol. The van der Waals surface area contributed by atoms with Crippen LogP contribution < -0.4 is 14.8 Å². The van der Waals surface area contributed by atoms with Gasteiger partial charge in [-0.3, -0.25) is 9.69 Å². The summed E-state index contributed by atoms with van der Waals surface area (Å²) in [4.78, 5) is 14.8. The molecule has 0 spiro atoms. The molecule has 27 heavy (non-hydrogen) atoms. The van der Waals surface area contributed by atoms with E-state index in [1.807, 2.05) is 32.2 Å². The zero-order valence-electron chi connectivity index (χ0n) is 15.9. The summed E-state index contributed by atoms with van der Waals surface area (Å²) >= 11 is 0. The highest BCUT2D eigenvalue weighted by Gasteiger charge is 2.25. The molecule has 5 nitrogen and oxygen atoms in total. The van der Waals surface area contributed by atoms with Crippen LogP contribution in [0.25, 0.3) is 0 Å². The minimum atomic E-state index is -0.0842. The average Bonchev–Trinajstić information content (AvgIpc) is 3.15. The first kappa shape index (κ1) is 17.9. The molecule has 1 aliphatic heterocycles. The maximum Gasteiger partial charge on any atom is 0.234 e. The van der Waals surface area contributed by atoms with E-state index in [0.29, 0.717) is 12.6 Å². The Labute approximate surface area is 160 Å². The highest BCUT2D eigenvalue weighted by atomic mass is 16.7. The second kappa shape index (κ2) is 7.61. The van der Waals surface area contributed by atoms with Gasteiger partial charge in [0.2, 0.25) is 12.7 Å². The van der Waals surface area contributed by atoms with Gasteiger partial charge in [0, 0.05) is 6.04 Å². The second-order valence-corrected chi connectivity index (χ2v) is 7.42. The van der Waals surface area contributed by atoms with Crippen LogP contribution in [0.1, 0.15) is 48.5 Å². The molecule has 2 aliphatic rings. The molecule has 1 amide bonds. The van der Waals surface area contributed by atoms with Crippen LogP contribution in [0.4, 0.5) is 0 Å². The average molecular weight is 366 g/mol. The van der Waals surface area contributed by atoms with Crippen LogP contribution >= 0.6 is 0 Å². The zero-order valence-corrected chi connectivity index (χ0v) is 15.9. The molecule has 5 heteroatoms. The van der Waals surface area contributed by atoms with Crippen molar-refractivity contribution in [3.63, 3.8) is 0 Å². The number of rotatable bonds is 5. The third-order valence-corrected chi connectivity index (χ3v) is 5.54. The number of benzene rings is 2. The van der Waals surface area contributed by atoms with E-state index in [0.717, 1.165) is 29.9 Å². The van der Waals surface area contributed by atoms with Gasteiger partial charge in [-0.25, -0.2) is 0 Å². The van der Waals surface area contributed by atoms with Gasteiger partial charge in [0.25, 0.3) is 0 Å². The number of nitrogens with zero attached hydrogens (tertiary/aromatic N) is 1. The van der Waals surface area contributed by atoms with E-state index in [1.54, 1.807) is 0 Å². The topological polar surface area (TPSA) is 50.8 Å². The lowest BCUT2D eigenvalue weighted by molar-refractivity contribution is -0.123. The van der Waals surface area contributed by atoms with Crippen LogP contribution in [0.3, 0.4) is 0 Å². The molecule has 0 saturated carbocycles. The van der Waals surface area contributed by atoms with Gasteiger partial charge in [-0.15, -0.1) is 0 Å². The van der Waals surface area contributed by atoms with Crippen molar-refractivity contribution >= 4 is 5.91 Å². The van der Waals surface area contributed by atoms with Crippen LogP contribution in [-0.4, -0.2) is 31.2 Å². The fourth-order valence-corrected chi connectivity index (χ4v) is 4.08. The van der Waals surface area contributed by atoms with Gasteiger partial charge >= 0.3 is 0 Å². The fourth-order valence-electron chi connectivity index (χ4n) is 4.08. The molecule has 142 valence electrons. The Morgan fingerprint density at radius 3 is 2.93 bits per heavy atom. The molecule has 0 fully saturated rings. The van der Waals surface area contributed by atoms with Crippen LogP contribution in [0.15, 0.2) is 42.5 Å². The first-order valence-electron chi connectivity index (χ1n) is 9.59. The minimum absolute atomic E-state index is 0.0331. The van der Waals surface area contributed by atoms with E-state index in [9.17, 15) is 4.79 Å². The number of carbonyl (C=O) groups is 1. The van der Waals surface area contributed by atoms with Gasteiger partial charge in [-0.2, -0.15) is 0 Å². The van der Waals surface area contributed by atoms with E-state index in [2.05, 4.69) is 34.5 Å². The Morgan fingerprint density at radius 1 is 1.22 bits per heavy atom. The minimum Gasteiger partial charge on any atom is -0.454 e. The van der Waals surface area contributed by atoms with Gasteiger partial charge < -0.3 is 14.8 Å². The van der Waals surface area contributed by atoms with E-state index in [4.69, 9.17) is 9.47 Å². The smallest absolute Gasteiger partial charge is 0.234 e. The summed E-state index contributed by atoms with van der Waals surface area (Å²) in [5.74, 6) is 1.53. The van der Waals surface area contributed by atoms with Crippen molar-refractivity contribution < 1.29 is 14.3 Å². The normalized spacial score (nSPS) is 18.9. The largest absolute Gasteiger partial charge is 0.454 e. The molecule has 2 aromatic carbocycles. The molecule has 1 N–H and O–H groups in total. The van der Waals surface area contributed by atoms with Crippen molar-refractivity contribution in [1.82, 2.24) is 10.2 Å². The molecule has 2 atom stereocenters. The number of ether oxygens (including phenoxy) is 2. The summed E-state index contributed by atoms with van der Waals surface area (Å²) < 4.78 is 10.8. The molecule has 0 saturated heterocycles. The molecule has 1 heterocycles. The summed E-state index contributed by atoms with van der Waals surface area (Å²) in [6.07, 6.45) is 3.40. The van der Waals surface area contributed by atoms with E-state index >= 15 is 0 Å². The maximum atomic E-state index is 12.6. The molecular formula is C22H26N2O3.